The van der Waals surface area contributed by atoms with Gasteiger partial charge in [-0.1, -0.05) is 83.5 Å². The lowest BCUT2D eigenvalue weighted by Crippen LogP contribution is -2.24. The first kappa shape index (κ1) is 25.1. The number of rotatable bonds is 21. The van der Waals surface area contributed by atoms with Crippen molar-refractivity contribution in [1.29, 1.82) is 0 Å². The summed E-state index contributed by atoms with van der Waals surface area (Å²) in [6.45, 7) is 3.59. The minimum Gasteiger partial charge on any atom is -0.380 e. The van der Waals surface area contributed by atoms with Crippen LogP contribution < -0.4 is 5.32 Å². The molecule has 0 heterocycles. The fourth-order valence-corrected chi connectivity index (χ4v) is 3.13. The van der Waals surface area contributed by atoms with Gasteiger partial charge in [-0.15, -0.1) is 0 Å². The smallest absolute Gasteiger partial charge is 0.216 e. The SMILES string of the molecule is CC(=O)NCCOCCCCCCCCCCCCCCCCCC=O. The third-order valence-electron chi connectivity index (χ3n) is 4.73. The number of unbranched alkanes of at least 4 members (excludes halogenated alkanes) is 15. The second-order valence-electron chi connectivity index (χ2n) is 7.35. The van der Waals surface area contributed by atoms with E-state index < -0.39 is 0 Å². The van der Waals surface area contributed by atoms with Crippen LogP contribution >= 0.6 is 0 Å². The number of aldehydes is 1. The van der Waals surface area contributed by atoms with Crippen LogP contribution in [0.1, 0.15) is 110 Å². The van der Waals surface area contributed by atoms with E-state index in [9.17, 15) is 9.59 Å². The molecule has 0 atom stereocenters. The molecule has 4 heteroatoms. The number of carbonyl (C=O) groups is 2. The normalized spacial score (nSPS) is 10.8. The molecule has 0 aromatic carbocycles. The maximum absolute atomic E-state index is 10.7. The zero-order valence-corrected chi connectivity index (χ0v) is 17.2. The number of ether oxygens (including phenoxy) is 1. The van der Waals surface area contributed by atoms with Gasteiger partial charge < -0.3 is 14.8 Å². The Morgan fingerprint density at radius 2 is 1.12 bits per heavy atom. The van der Waals surface area contributed by atoms with Crippen LogP contribution in [-0.4, -0.2) is 32.0 Å². The highest BCUT2D eigenvalue weighted by Gasteiger charge is 1.95. The van der Waals surface area contributed by atoms with Crippen molar-refractivity contribution in [3.05, 3.63) is 0 Å². The van der Waals surface area contributed by atoms with E-state index in [0.717, 1.165) is 32.2 Å². The zero-order valence-electron chi connectivity index (χ0n) is 17.2. The van der Waals surface area contributed by atoms with Crippen LogP contribution in [-0.2, 0) is 14.3 Å². The summed E-state index contributed by atoms with van der Waals surface area (Å²) >= 11 is 0. The van der Waals surface area contributed by atoms with Crippen molar-refractivity contribution in [2.75, 3.05) is 19.8 Å². The topological polar surface area (TPSA) is 55.4 Å². The average molecular weight is 370 g/mol. The molecule has 0 radical (unpaired) electrons. The lowest BCUT2D eigenvalue weighted by Gasteiger charge is -2.05. The Bertz CT molecular complexity index is 308. The van der Waals surface area contributed by atoms with Gasteiger partial charge in [0.05, 0.1) is 6.61 Å². The lowest BCUT2D eigenvalue weighted by atomic mass is 10.0. The van der Waals surface area contributed by atoms with Gasteiger partial charge in [-0.3, -0.25) is 4.79 Å². The Balaban J connectivity index is 2.99. The molecule has 4 nitrogen and oxygen atoms in total. The maximum atomic E-state index is 10.7. The minimum absolute atomic E-state index is 0.0102. The van der Waals surface area contributed by atoms with Gasteiger partial charge in [0.1, 0.15) is 6.29 Å². The standard InChI is InChI=1S/C22H43NO3/c1-22(25)23-18-21-26-20-17-15-13-11-9-7-5-3-2-4-6-8-10-12-14-16-19-24/h19H,2-18,20-21H2,1H3,(H,23,25). The average Bonchev–Trinajstić information content (AvgIpc) is 2.62. The van der Waals surface area contributed by atoms with Crippen molar-refractivity contribution in [2.24, 2.45) is 0 Å². The van der Waals surface area contributed by atoms with Crippen molar-refractivity contribution in [3.63, 3.8) is 0 Å². The second-order valence-corrected chi connectivity index (χ2v) is 7.35. The summed E-state index contributed by atoms with van der Waals surface area (Å²) in [7, 11) is 0. The molecule has 26 heavy (non-hydrogen) atoms. The largest absolute Gasteiger partial charge is 0.380 e. The van der Waals surface area contributed by atoms with Gasteiger partial charge in [0, 0.05) is 26.5 Å². The van der Waals surface area contributed by atoms with Gasteiger partial charge in [0.2, 0.25) is 5.91 Å². The summed E-state index contributed by atoms with van der Waals surface area (Å²) in [6, 6.07) is 0. The second kappa shape index (κ2) is 22.1. The van der Waals surface area contributed by atoms with Crippen molar-refractivity contribution >= 4 is 12.2 Å². The molecule has 0 unspecified atom stereocenters. The molecule has 0 rings (SSSR count). The van der Waals surface area contributed by atoms with Gasteiger partial charge in [-0.2, -0.15) is 0 Å². The van der Waals surface area contributed by atoms with Crippen LogP contribution in [0.4, 0.5) is 0 Å². The summed E-state index contributed by atoms with van der Waals surface area (Å²) in [4.78, 5) is 20.9. The number of hydrogen-bond donors (Lipinski definition) is 1. The maximum Gasteiger partial charge on any atom is 0.216 e. The molecule has 0 bridgehead atoms. The highest BCUT2D eigenvalue weighted by Crippen LogP contribution is 2.13. The Kier molecular flexibility index (Phi) is 21.4. The number of nitrogens with one attached hydrogen (secondary N) is 1. The van der Waals surface area contributed by atoms with Crippen molar-refractivity contribution in [3.8, 4) is 0 Å². The Morgan fingerprint density at radius 1 is 0.692 bits per heavy atom. The molecule has 0 aliphatic heterocycles. The Hall–Kier alpha value is -0.900. The summed E-state index contributed by atoms with van der Waals surface area (Å²) < 4.78 is 5.48. The molecule has 0 aromatic rings. The van der Waals surface area contributed by atoms with Crippen molar-refractivity contribution in [1.82, 2.24) is 5.32 Å². The van der Waals surface area contributed by atoms with Crippen LogP contribution in [0.25, 0.3) is 0 Å². The van der Waals surface area contributed by atoms with Crippen LogP contribution in [0.15, 0.2) is 0 Å². The summed E-state index contributed by atoms with van der Waals surface area (Å²) in [5, 5.41) is 2.73. The predicted octanol–water partition coefficient (Wildman–Crippen LogP) is 5.58. The van der Waals surface area contributed by atoms with Crippen LogP contribution in [0.3, 0.4) is 0 Å². The first-order valence-corrected chi connectivity index (χ1v) is 11.0. The first-order valence-electron chi connectivity index (χ1n) is 11.0. The fraction of sp³-hybridized carbons (Fsp3) is 0.909. The van der Waals surface area contributed by atoms with E-state index in [1.54, 1.807) is 0 Å². The minimum atomic E-state index is 0.0102. The summed E-state index contributed by atoms with van der Waals surface area (Å²) in [6.07, 6.45) is 21.5. The third kappa shape index (κ3) is 23.1. The molecule has 0 fully saturated rings. The Morgan fingerprint density at radius 3 is 1.54 bits per heavy atom. The zero-order chi connectivity index (χ0) is 19.1. The molecule has 0 aliphatic carbocycles. The lowest BCUT2D eigenvalue weighted by molar-refractivity contribution is -0.119. The molecule has 0 aliphatic rings. The summed E-state index contributed by atoms with van der Waals surface area (Å²) in [5.74, 6) is 0.0102. The van der Waals surface area contributed by atoms with E-state index in [1.165, 1.54) is 90.4 Å². The molecule has 0 saturated heterocycles. The van der Waals surface area contributed by atoms with Crippen molar-refractivity contribution in [2.45, 2.75) is 110 Å². The fourth-order valence-electron chi connectivity index (χ4n) is 3.13. The first-order chi connectivity index (χ1) is 12.8. The monoisotopic (exact) mass is 369 g/mol. The molecule has 0 aromatic heterocycles. The highest BCUT2D eigenvalue weighted by atomic mass is 16.5. The molecular formula is C22H43NO3. The number of hydrogen-bond acceptors (Lipinski definition) is 3. The van der Waals surface area contributed by atoms with Gasteiger partial charge in [0.15, 0.2) is 0 Å². The van der Waals surface area contributed by atoms with Crippen LogP contribution in [0.5, 0.6) is 0 Å². The van der Waals surface area contributed by atoms with Crippen molar-refractivity contribution < 1.29 is 14.3 Å². The summed E-state index contributed by atoms with van der Waals surface area (Å²) in [5.41, 5.74) is 0. The highest BCUT2D eigenvalue weighted by molar-refractivity contribution is 5.72. The Labute approximate surface area is 161 Å². The van der Waals surface area contributed by atoms with E-state index in [2.05, 4.69) is 5.32 Å². The van der Waals surface area contributed by atoms with Gasteiger partial charge in [-0.05, 0) is 12.8 Å². The third-order valence-corrected chi connectivity index (χ3v) is 4.73. The molecular weight excluding hydrogens is 326 g/mol. The predicted molar refractivity (Wildman–Crippen MR) is 109 cm³/mol. The molecule has 1 amide bonds. The van der Waals surface area contributed by atoms with Crippen LogP contribution in [0.2, 0.25) is 0 Å². The van der Waals surface area contributed by atoms with E-state index in [4.69, 9.17) is 4.74 Å². The van der Waals surface area contributed by atoms with E-state index >= 15 is 0 Å². The number of carbonyl (C=O) groups excluding carboxylic acids is 2. The van der Waals surface area contributed by atoms with E-state index in [1.807, 2.05) is 0 Å². The van der Waals surface area contributed by atoms with Gasteiger partial charge in [0.25, 0.3) is 0 Å². The van der Waals surface area contributed by atoms with Gasteiger partial charge >= 0.3 is 0 Å². The molecule has 0 spiro atoms. The van der Waals surface area contributed by atoms with Crippen LogP contribution in [0, 0.1) is 0 Å². The molecule has 1 N–H and O–H groups in total. The van der Waals surface area contributed by atoms with E-state index in [-0.39, 0.29) is 5.91 Å². The van der Waals surface area contributed by atoms with E-state index in [0.29, 0.717) is 13.2 Å². The molecule has 154 valence electrons. The van der Waals surface area contributed by atoms with Gasteiger partial charge in [-0.25, -0.2) is 0 Å². The quantitative estimate of drug-likeness (QED) is 0.212. The number of amides is 1. The molecule has 0 saturated carbocycles.